The second-order valence-corrected chi connectivity index (χ2v) is 6.21. The van der Waals surface area contributed by atoms with Gasteiger partial charge in [0.1, 0.15) is 11.0 Å². The molecule has 0 bridgehead atoms. The number of anilines is 1. The Morgan fingerprint density at radius 1 is 1.20 bits per heavy atom. The van der Waals surface area contributed by atoms with Crippen LogP contribution in [0.4, 0.5) is 5.69 Å². The van der Waals surface area contributed by atoms with Crippen molar-refractivity contribution in [2.45, 2.75) is 19.8 Å². The highest BCUT2D eigenvalue weighted by molar-refractivity contribution is 7.80. The Hall–Kier alpha value is -2.51. The van der Waals surface area contributed by atoms with Crippen molar-refractivity contribution in [1.82, 2.24) is 20.3 Å². The third kappa shape index (κ3) is 4.12. The van der Waals surface area contributed by atoms with Gasteiger partial charge >= 0.3 is 0 Å². The van der Waals surface area contributed by atoms with E-state index < -0.39 is 0 Å². The lowest BCUT2D eigenvalue weighted by Crippen LogP contribution is -2.33. The van der Waals surface area contributed by atoms with Gasteiger partial charge in [-0.15, -0.1) is 10.2 Å². The van der Waals surface area contributed by atoms with Gasteiger partial charge in [-0.2, -0.15) is 4.80 Å². The summed E-state index contributed by atoms with van der Waals surface area (Å²) in [5.41, 5.74) is 2.75. The molecule has 6 nitrogen and oxygen atoms in total. The van der Waals surface area contributed by atoms with Crippen LogP contribution < -0.4 is 10.6 Å². The number of hydrogen-bond acceptors (Lipinski definition) is 4. The van der Waals surface area contributed by atoms with Crippen molar-refractivity contribution in [2.75, 3.05) is 5.32 Å². The molecule has 128 valence electrons. The van der Waals surface area contributed by atoms with Crippen molar-refractivity contribution >= 4 is 51.6 Å². The van der Waals surface area contributed by atoms with Crippen LogP contribution in [0.25, 0.3) is 16.7 Å². The van der Waals surface area contributed by atoms with Crippen LogP contribution in [0, 0.1) is 0 Å². The summed E-state index contributed by atoms with van der Waals surface area (Å²) in [6.45, 7) is 1.93. The minimum Gasteiger partial charge on any atom is -0.331 e. The number of carbonyl (C=O) groups excluding carboxylic acids is 1. The molecule has 3 rings (SSSR count). The molecule has 1 amide bonds. The highest BCUT2D eigenvalue weighted by Crippen LogP contribution is 2.27. The molecule has 0 saturated carbocycles. The number of fused-ring (bicyclic) bond motifs is 1. The van der Waals surface area contributed by atoms with Crippen LogP contribution in [-0.2, 0) is 4.79 Å². The summed E-state index contributed by atoms with van der Waals surface area (Å²) in [7, 11) is 0. The number of amides is 1. The number of rotatable bonds is 4. The second-order valence-electron chi connectivity index (χ2n) is 5.40. The fourth-order valence-electron chi connectivity index (χ4n) is 2.28. The van der Waals surface area contributed by atoms with E-state index in [1.54, 1.807) is 16.9 Å². The second kappa shape index (κ2) is 7.58. The molecule has 2 N–H and O–H groups in total. The summed E-state index contributed by atoms with van der Waals surface area (Å²) in [6.07, 6.45) is 1.17. The maximum atomic E-state index is 11.6. The van der Waals surface area contributed by atoms with Gasteiger partial charge < -0.3 is 10.6 Å². The van der Waals surface area contributed by atoms with E-state index in [9.17, 15) is 4.79 Å². The maximum absolute atomic E-state index is 11.6. The Labute approximate surface area is 155 Å². The molecule has 8 heteroatoms. The molecule has 0 aliphatic heterocycles. The molecule has 1 aromatic heterocycles. The standard InChI is InChI=1S/C17H16ClN5OS/c1-2-6-16(24)20-17(25)19-13-10-15-14(9-12(13)18)21-23(22-15)11-7-4-3-5-8-11/h3-5,7-10H,2,6H2,1H3,(H2,19,20,24,25). The summed E-state index contributed by atoms with van der Waals surface area (Å²) >= 11 is 11.4. The molecule has 0 fully saturated rings. The van der Waals surface area contributed by atoms with Crippen molar-refractivity contribution in [3.05, 3.63) is 47.5 Å². The Morgan fingerprint density at radius 2 is 1.88 bits per heavy atom. The van der Waals surface area contributed by atoms with Gasteiger partial charge in [0.2, 0.25) is 5.91 Å². The Morgan fingerprint density at radius 3 is 2.56 bits per heavy atom. The average molecular weight is 374 g/mol. The zero-order valence-electron chi connectivity index (χ0n) is 13.5. The third-order valence-corrected chi connectivity index (χ3v) is 3.95. The van der Waals surface area contributed by atoms with E-state index in [0.29, 0.717) is 28.2 Å². The molecular weight excluding hydrogens is 358 g/mol. The summed E-state index contributed by atoms with van der Waals surface area (Å²) in [4.78, 5) is 13.2. The predicted molar refractivity (Wildman–Crippen MR) is 103 cm³/mol. The Balaban J connectivity index is 1.84. The minimum absolute atomic E-state index is 0.132. The van der Waals surface area contributed by atoms with Crippen LogP contribution in [0.1, 0.15) is 19.8 Å². The van der Waals surface area contributed by atoms with Crippen molar-refractivity contribution in [2.24, 2.45) is 0 Å². The normalized spacial score (nSPS) is 10.6. The van der Waals surface area contributed by atoms with E-state index >= 15 is 0 Å². The first-order valence-corrected chi connectivity index (χ1v) is 8.58. The van der Waals surface area contributed by atoms with E-state index in [4.69, 9.17) is 23.8 Å². The largest absolute Gasteiger partial charge is 0.331 e. The molecule has 0 aliphatic carbocycles. The molecule has 0 spiro atoms. The fourth-order valence-corrected chi connectivity index (χ4v) is 2.71. The molecule has 2 aromatic carbocycles. The van der Waals surface area contributed by atoms with Crippen molar-refractivity contribution in [3.63, 3.8) is 0 Å². The van der Waals surface area contributed by atoms with Crippen LogP contribution in [0.5, 0.6) is 0 Å². The molecule has 0 saturated heterocycles. The first-order chi connectivity index (χ1) is 12.1. The first-order valence-electron chi connectivity index (χ1n) is 7.79. The van der Waals surface area contributed by atoms with Gasteiger partial charge in [-0.3, -0.25) is 4.79 Å². The summed E-state index contributed by atoms with van der Waals surface area (Å²) in [6, 6.07) is 13.1. The SMILES string of the molecule is CCCC(=O)NC(=S)Nc1cc2nn(-c3ccccc3)nc2cc1Cl. The number of carbonyl (C=O) groups is 1. The number of halogens is 1. The average Bonchev–Trinajstić information content (AvgIpc) is 2.99. The van der Waals surface area contributed by atoms with E-state index in [1.807, 2.05) is 37.3 Å². The van der Waals surface area contributed by atoms with Gasteiger partial charge in [-0.05, 0) is 42.9 Å². The van der Waals surface area contributed by atoms with Gasteiger partial charge in [-0.25, -0.2) is 0 Å². The van der Waals surface area contributed by atoms with Crippen molar-refractivity contribution in [1.29, 1.82) is 0 Å². The lowest BCUT2D eigenvalue weighted by atomic mass is 10.3. The molecule has 1 heterocycles. The van der Waals surface area contributed by atoms with Gasteiger partial charge in [0.05, 0.1) is 16.4 Å². The van der Waals surface area contributed by atoms with E-state index in [1.165, 1.54) is 0 Å². The van der Waals surface area contributed by atoms with E-state index in [-0.39, 0.29) is 11.0 Å². The smallest absolute Gasteiger partial charge is 0.226 e. The molecule has 3 aromatic rings. The number of thiocarbonyl (C=S) groups is 1. The van der Waals surface area contributed by atoms with Crippen LogP contribution >= 0.6 is 23.8 Å². The van der Waals surface area contributed by atoms with Gasteiger partial charge in [0.15, 0.2) is 5.11 Å². The zero-order chi connectivity index (χ0) is 17.8. The molecule has 0 atom stereocenters. The number of nitrogens with one attached hydrogen (secondary N) is 2. The first kappa shape index (κ1) is 17.3. The van der Waals surface area contributed by atoms with Crippen molar-refractivity contribution in [3.8, 4) is 5.69 Å². The number of para-hydroxylation sites is 1. The third-order valence-electron chi connectivity index (χ3n) is 3.43. The molecule has 0 unspecified atom stereocenters. The molecule has 25 heavy (non-hydrogen) atoms. The molecule has 0 radical (unpaired) electrons. The fraction of sp³-hybridized carbons (Fsp3) is 0.176. The summed E-state index contributed by atoms with van der Waals surface area (Å²) in [5.74, 6) is -0.132. The van der Waals surface area contributed by atoms with Crippen LogP contribution in [0.2, 0.25) is 5.02 Å². The van der Waals surface area contributed by atoms with E-state index in [2.05, 4.69) is 20.8 Å². The molecule has 0 aliphatic rings. The monoisotopic (exact) mass is 373 g/mol. The summed E-state index contributed by atoms with van der Waals surface area (Å²) < 4.78 is 0. The maximum Gasteiger partial charge on any atom is 0.226 e. The van der Waals surface area contributed by atoms with Crippen molar-refractivity contribution < 1.29 is 4.79 Å². The number of aromatic nitrogens is 3. The van der Waals surface area contributed by atoms with Crippen LogP contribution in [-0.4, -0.2) is 26.0 Å². The Kier molecular flexibility index (Phi) is 5.25. The van der Waals surface area contributed by atoms with Crippen LogP contribution in [0.3, 0.4) is 0 Å². The predicted octanol–water partition coefficient (Wildman–Crippen LogP) is 3.69. The highest BCUT2D eigenvalue weighted by atomic mass is 35.5. The van der Waals surface area contributed by atoms with Gasteiger partial charge in [0.25, 0.3) is 0 Å². The summed E-state index contributed by atoms with van der Waals surface area (Å²) in [5, 5.41) is 15.1. The molecular formula is C17H16ClN5OS. The lowest BCUT2D eigenvalue weighted by molar-refractivity contribution is -0.119. The quantitative estimate of drug-likeness (QED) is 0.682. The zero-order valence-corrected chi connectivity index (χ0v) is 15.1. The minimum atomic E-state index is -0.132. The highest BCUT2D eigenvalue weighted by Gasteiger charge is 2.11. The van der Waals surface area contributed by atoms with Gasteiger partial charge in [0, 0.05) is 6.42 Å². The lowest BCUT2D eigenvalue weighted by Gasteiger charge is -2.10. The van der Waals surface area contributed by atoms with Gasteiger partial charge in [-0.1, -0.05) is 36.7 Å². The topological polar surface area (TPSA) is 71.8 Å². The number of benzene rings is 2. The van der Waals surface area contributed by atoms with Crippen LogP contribution in [0.15, 0.2) is 42.5 Å². The number of hydrogen-bond donors (Lipinski definition) is 2. The number of nitrogens with zero attached hydrogens (tertiary/aromatic N) is 3. The van der Waals surface area contributed by atoms with E-state index in [0.717, 1.165) is 12.1 Å². The Bertz CT molecular complexity index is 925.